The van der Waals surface area contributed by atoms with E-state index in [9.17, 15) is 9.90 Å². The fourth-order valence-electron chi connectivity index (χ4n) is 6.50. The molecule has 1 aliphatic heterocycles. The molecule has 2 bridgehead atoms. The number of ether oxygens (including phenoxy) is 2. The number of rotatable bonds is 8. The molecule has 1 amide bonds. The molecule has 5 nitrogen and oxygen atoms in total. The van der Waals surface area contributed by atoms with Gasteiger partial charge in [-0.05, 0) is 81.6 Å². The summed E-state index contributed by atoms with van der Waals surface area (Å²) < 4.78 is 12.1. The number of nitrogens with one attached hydrogen (secondary N) is 1. The lowest BCUT2D eigenvalue weighted by molar-refractivity contribution is -0.177. The summed E-state index contributed by atoms with van der Waals surface area (Å²) in [7, 11) is 0. The van der Waals surface area contributed by atoms with Gasteiger partial charge in [0, 0.05) is 25.2 Å². The maximum absolute atomic E-state index is 13.1. The molecule has 0 radical (unpaired) electrons. The molecule has 1 heterocycles. The van der Waals surface area contributed by atoms with Crippen molar-refractivity contribution >= 4 is 5.91 Å². The molecular weight excluding hydrogens is 366 g/mol. The first-order valence-electron chi connectivity index (χ1n) is 12.1. The maximum Gasteiger partial charge on any atom is 0.286 e. The van der Waals surface area contributed by atoms with Crippen LogP contribution in [0.15, 0.2) is 11.8 Å². The van der Waals surface area contributed by atoms with Gasteiger partial charge in [-0.1, -0.05) is 25.7 Å². The normalized spacial score (nSPS) is 37.2. The number of aliphatic hydroxyl groups is 1. The molecule has 0 spiro atoms. The molecule has 3 unspecified atom stereocenters. The van der Waals surface area contributed by atoms with E-state index >= 15 is 0 Å². The van der Waals surface area contributed by atoms with Crippen LogP contribution in [0, 0.1) is 29.6 Å². The number of fused-ring (bicyclic) bond motifs is 2. The first kappa shape index (κ1) is 21.2. The molecule has 0 aromatic heterocycles. The summed E-state index contributed by atoms with van der Waals surface area (Å²) in [5.74, 6) is 2.99. The summed E-state index contributed by atoms with van der Waals surface area (Å²) in [6, 6.07) is 0.316. The highest BCUT2D eigenvalue weighted by Crippen LogP contribution is 2.45. The average Bonchev–Trinajstić information content (AvgIpc) is 3.36. The molecule has 0 aromatic rings. The number of hydrogen-bond donors (Lipinski definition) is 2. The fraction of sp³-hybridized carbons (Fsp3) is 0.875. The molecule has 5 heteroatoms. The van der Waals surface area contributed by atoms with Crippen molar-refractivity contribution in [2.75, 3.05) is 13.2 Å². The van der Waals surface area contributed by atoms with Crippen LogP contribution >= 0.6 is 0 Å². The Morgan fingerprint density at radius 2 is 2.00 bits per heavy atom. The van der Waals surface area contributed by atoms with Crippen molar-refractivity contribution in [2.45, 2.75) is 89.9 Å². The highest BCUT2D eigenvalue weighted by Gasteiger charge is 2.43. The molecule has 0 saturated heterocycles. The highest BCUT2D eigenvalue weighted by molar-refractivity contribution is 5.91. The monoisotopic (exact) mass is 405 g/mol. The van der Waals surface area contributed by atoms with Gasteiger partial charge in [-0.25, -0.2) is 0 Å². The van der Waals surface area contributed by atoms with E-state index in [1.807, 2.05) is 6.92 Å². The summed E-state index contributed by atoms with van der Waals surface area (Å²) >= 11 is 0. The Hall–Kier alpha value is -1.07. The maximum atomic E-state index is 13.1. The molecule has 4 aliphatic rings. The Balaban J connectivity index is 1.51. The van der Waals surface area contributed by atoms with Crippen LogP contribution in [-0.2, 0) is 14.3 Å². The summed E-state index contributed by atoms with van der Waals surface area (Å²) in [5, 5.41) is 12.7. The number of allylic oxidation sites excluding steroid dienone is 1. The van der Waals surface area contributed by atoms with E-state index in [-0.39, 0.29) is 24.7 Å². The topological polar surface area (TPSA) is 67.8 Å². The standard InChI is InChI=1S/C24H39NO4/c1-2-28-24-19(9-6-12-26)20(17-7-4-3-5-8-17)15-22(29-24)23(27)25-21-14-16-10-11-18(21)13-16/h15-21,24,26H,2-14H2,1H3,(H,25,27)/t16?,18?,19-,20-,21?,24-/m0/s1. The smallest absolute Gasteiger partial charge is 0.286 e. The molecule has 3 aliphatic carbocycles. The van der Waals surface area contributed by atoms with E-state index < -0.39 is 0 Å². The Kier molecular flexibility index (Phi) is 7.17. The lowest BCUT2D eigenvalue weighted by atomic mass is 9.71. The number of carbonyl (C=O) groups excluding carboxylic acids is 1. The predicted octanol–water partition coefficient (Wildman–Crippen LogP) is 4.15. The zero-order valence-electron chi connectivity index (χ0n) is 18.0. The highest BCUT2D eigenvalue weighted by atomic mass is 16.7. The average molecular weight is 406 g/mol. The third-order valence-electron chi connectivity index (χ3n) is 7.93. The molecule has 6 atom stereocenters. The molecule has 29 heavy (non-hydrogen) atoms. The lowest BCUT2D eigenvalue weighted by Gasteiger charge is -2.41. The minimum atomic E-state index is -0.385. The van der Waals surface area contributed by atoms with Crippen LogP contribution in [0.2, 0.25) is 0 Å². The number of hydrogen-bond acceptors (Lipinski definition) is 4. The molecule has 3 fully saturated rings. The number of aliphatic hydroxyl groups excluding tert-OH is 1. The van der Waals surface area contributed by atoms with Gasteiger partial charge in [0.25, 0.3) is 5.91 Å². The van der Waals surface area contributed by atoms with Gasteiger partial charge in [-0.3, -0.25) is 4.79 Å². The van der Waals surface area contributed by atoms with E-state index in [0.717, 1.165) is 25.2 Å². The van der Waals surface area contributed by atoms with Crippen molar-refractivity contribution in [1.82, 2.24) is 5.32 Å². The molecule has 164 valence electrons. The third-order valence-corrected chi connectivity index (χ3v) is 7.93. The van der Waals surface area contributed by atoms with Gasteiger partial charge >= 0.3 is 0 Å². The number of amides is 1. The van der Waals surface area contributed by atoms with Gasteiger partial charge in [0.2, 0.25) is 6.29 Å². The molecule has 4 rings (SSSR count). The zero-order chi connectivity index (χ0) is 20.2. The second-order valence-corrected chi connectivity index (χ2v) is 9.73. The second kappa shape index (κ2) is 9.82. The number of carbonyl (C=O) groups is 1. The Bertz CT molecular complexity index is 585. The van der Waals surface area contributed by atoms with Crippen LogP contribution in [0.1, 0.15) is 77.6 Å². The van der Waals surface area contributed by atoms with Crippen LogP contribution in [0.4, 0.5) is 0 Å². The van der Waals surface area contributed by atoms with Gasteiger partial charge in [-0.15, -0.1) is 0 Å². The SMILES string of the molecule is CCO[C@H]1OC(C(=O)NC2CC3CCC2C3)=C[C@@H](C2CCCCC2)[C@@H]1CCCO. The minimum Gasteiger partial charge on any atom is -0.459 e. The van der Waals surface area contributed by atoms with Gasteiger partial charge in [0.15, 0.2) is 5.76 Å². The minimum absolute atomic E-state index is 0.0475. The predicted molar refractivity (Wildman–Crippen MR) is 112 cm³/mol. The van der Waals surface area contributed by atoms with Crippen LogP contribution in [0.3, 0.4) is 0 Å². The van der Waals surface area contributed by atoms with Crippen molar-refractivity contribution in [1.29, 1.82) is 0 Å². The van der Waals surface area contributed by atoms with Gasteiger partial charge in [0.05, 0.1) is 0 Å². The van der Waals surface area contributed by atoms with Gasteiger partial charge < -0.3 is 19.9 Å². The Labute approximate surface area is 175 Å². The Morgan fingerprint density at radius 1 is 1.17 bits per heavy atom. The van der Waals surface area contributed by atoms with Crippen LogP contribution in [0.5, 0.6) is 0 Å². The van der Waals surface area contributed by atoms with E-state index in [4.69, 9.17) is 9.47 Å². The van der Waals surface area contributed by atoms with Gasteiger partial charge in [-0.2, -0.15) is 0 Å². The zero-order valence-corrected chi connectivity index (χ0v) is 18.0. The van der Waals surface area contributed by atoms with Crippen molar-refractivity contribution < 1.29 is 19.4 Å². The van der Waals surface area contributed by atoms with Crippen LogP contribution in [0.25, 0.3) is 0 Å². The molecule has 3 saturated carbocycles. The summed E-state index contributed by atoms with van der Waals surface area (Å²) in [4.78, 5) is 13.1. The van der Waals surface area contributed by atoms with Crippen molar-refractivity contribution in [3.8, 4) is 0 Å². The quantitative estimate of drug-likeness (QED) is 0.636. The first-order valence-corrected chi connectivity index (χ1v) is 12.1. The largest absolute Gasteiger partial charge is 0.459 e. The summed E-state index contributed by atoms with van der Waals surface area (Å²) in [6.45, 7) is 2.74. The molecule has 2 N–H and O–H groups in total. The Morgan fingerprint density at radius 3 is 2.66 bits per heavy atom. The van der Waals surface area contributed by atoms with Crippen LogP contribution < -0.4 is 5.32 Å². The third kappa shape index (κ3) is 4.82. The van der Waals surface area contributed by atoms with Crippen LogP contribution in [-0.4, -0.2) is 36.6 Å². The second-order valence-electron chi connectivity index (χ2n) is 9.73. The van der Waals surface area contributed by atoms with E-state index in [1.54, 1.807) is 0 Å². The summed E-state index contributed by atoms with van der Waals surface area (Å²) in [6.07, 6.45) is 14.7. The van der Waals surface area contributed by atoms with E-state index in [1.165, 1.54) is 51.4 Å². The molecule has 0 aromatic carbocycles. The first-order chi connectivity index (χ1) is 14.2. The summed E-state index contributed by atoms with van der Waals surface area (Å²) in [5.41, 5.74) is 0. The van der Waals surface area contributed by atoms with E-state index in [2.05, 4.69) is 11.4 Å². The van der Waals surface area contributed by atoms with E-state index in [0.29, 0.717) is 36.2 Å². The fourth-order valence-corrected chi connectivity index (χ4v) is 6.50. The van der Waals surface area contributed by atoms with Crippen molar-refractivity contribution in [2.24, 2.45) is 29.6 Å². The molecular formula is C24H39NO4. The van der Waals surface area contributed by atoms with Crippen molar-refractivity contribution in [3.63, 3.8) is 0 Å². The lowest BCUT2D eigenvalue weighted by Crippen LogP contribution is -2.45. The van der Waals surface area contributed by atoms with Crippen molar-refractivity contribution in [3.05, 3.63) is 11.8 Å². The van der Waals surface area contributed by atoms with Gasteiger partial charge in [0.1, 0.15) is 0 Å².